The molecular formula is HF5Pu-4. The van der Waals surface area contributed by atoms with Gasteiger partial charge in [-0.2, -0.15) is 0 Å². The summed E-state index contributed by atoms with van der Waals surface area (Å²) in [6.07, 6.45) is 0. The molecule has 6 heteroatoms. The zero-order chi connectivity index (χ0) is 0. The van der Waals surface area contributed by atoms with Crippen molar-refractivity contribution in [2.24, 2.45) is 0 Å². The van der Waals surface area contributed by atoms with Crippen LogP contribution in [0.5, 0.6) is 0 Å². The summed E-state index contributed by atoms with van der Waals surface area (Å²) >= 11 is 0. The first-order valence-corrected chi connectivity index (χ1v) is 0. The van der Waals surface area contributed by atoms with Crippen LogP contribution in [0, 0.1) is 29.2 Å². The van der Waals surface area contributed by atoms with Crippen molar-refractivity contribution in [3.05, 3.63) is 0 Å². The zero-order valence-electron chi connectivity index (χ0n) is 2.33. The summed E-state index contributed by atoms with van der Waals surface area (Å²) in [5.74, 6) is 0. The summed E-state index contributed by atoms with van der Waals surface area (Å²) in [5, 5.41) is 0. The molecule has 0 aromatic carbocycles. The van der Waals surface area contributed by atoms with E-state index in [4.69, 9.17) is 0 Å². The molecule has 0 amide bonds. The standard InChI is InChI=1S/5FH.Pu/h5*1H;/p-4. The first-order valence-electron chi connectivity index (χ1n) is 0. The van der Waals surface area contributed by atoms with Crippen molar-refractivity contribution in [2.75, 3.05) is 0 Å². The Morgan fingerprint density at radius 1 is 0.500 bits per heavy atom. The van der Waals surface area contributed by atoms with Crippen LogP contribution in [0.2, 0.25) is 0 Å². The SMILES string of the molecule is F.[F-].[F-].[F-].[F-].[Pu]. The fraction of sp³-hybridized carbons (Fsp3) is 0. The van der Waals surface area contributed by atoms with Gasteiger partial charge in [0, 0.05) is 29.2 Å². The van der Waals surface area contributed by atoms with E-state index in [0.29, 0.717) is 0 Å². The van der Waals surface area contributed by atoms with Crippen LogP contribution in [-0.2, 0) is 0 Å². The molecule has 0 aromatic heterocycles. The molecule has 0 saturated heterocycles. The fourth-order valence-electron chi connectivity index (χ4n) is 0. The zero-order valence-corrected chi connectivity index (χ0v) is 5.73. The summed E-state index contributed by atoms with van der Waals surface area (Å²) in [6, 6.07) is 0. The molecule has 0 aliphatic rings. The smallest absolute Gasteiger partial charge is 0 e. The van der Waals surface area contributed by atoms with Crippen LogP contribution in [0.15, 0.2) is 0 Å². The number of hydrogen-bond donors (Lipinski definition) is 0. The minimum absolute atomic E-state index is 0. The maximum atomic E-state index is 0. The molecule has 0 nitrogen and oxygen atoms in total. The van der Waals surface area contributed by atoms with E-state index in [9.17, 15) is 0 Å². The van der Waals surface area contributed by atoms with Gasteiger partial charge < -0.3 is 18.8 Å². The first kappa shape index (κ1) is 520. The molecule has 0 N–H and O–H groups in total. The van der Waals surface area contributed by atoms with Crippen LogP contribution in [0.4, 0.5) is 4.70 Å². The Hall–Kier alpha value is 0.637. The average Bonchev–Trinajstić information content (AvgIpc) is 0. The van der Waals surface area contributed by atoms with Crippen molar-refractivity contribution in [3.63, 3.8) is 0 Å². The van der Waals surface area contributed by atoms with E-state index in [2.05, 4.69) is 0 Å². The summed E-state index contributed by atoms with van der Waals surface area (Å²) < 4.78 is 0. The minimum atomic E-state index is 0. The van der Waals surface area contributed by atoms with Crippen molar-refractivity contribution < 1.29 is 52.7 Å². The largest absolute Gasteiger partial charge is 1.00 e. The Morgan fingerprint density at radius 3 is 0.500 bits per heavy atom. The van der Waals surface area contributed by atoms with E-state index in [1.807, 2.05) is 0 Å². The second-order valence-corrected chi connectivity index (χ2v) is 0. The monoisotopic (exact) mass is 334 g/mol. The molecule has 0 saturated carbocycles. The molecular weight excluding hydrogens is 339 g/mol. The quantitative estimate of drug-likeness (QED) is 0.385. The van der Waals surface area contributed by atoms with Gasteiger partial charge in [-0.15, -0.1) is 0 Å². The van der Waals surface area contributed by atoms with Crippen LogP contribution in [0.25, 0.3) is 0 Å². The topological polar surface area (TPSA) is 0 Å². The van der Waals surface area contributed by atoms with Crippen LogP contribution < -0.4 is 18.8 Å². The molecule has 0 atom stereocenters. The number of rotatable bonds is 0. The second kappa shape index (κ2) is 299. The molecule has 0 aromatic rings. The van der Waals surface area contributed by atoms with Gasteiger partial charge in [-0.25, -0.2) is 0 Å². The van der Waals surface area contributed by atoms with Crippen molar-refractivity contribution in [2.45, 2.75) is 0 Å². The Labute approximate surface area is 53.1 Å². The third kappa shape index (κ3) is 151. The van der Waals surface area contributed by atoms with Gasteiger partial charge in [0.15, 0.2) is 0 Å². The maximum absolute atomic E-state index is 0. The molecule has 0 unspecified atom stereocenters. The molecule has 0 fully saturated rings. The summed E-state index contributed by atoms with van der Waals surface area (Å²) in [4.78, 5) is 0. The van der Waals surface area contributed by atoms with Gasteiger partial charge in [0.1, 0.15) is 0 Å². The fourth-order valence-corrected chi connectivity index (χ4v) is 0. The molecule has 0 spiro atoms. The maximum Gasteiger partial charge on any atom is 0 e. The molecule has 0 rings (SSSR count). The Morgan fingerprint density at radius 2 is 0.500 bits per heavy atom. The van der Waals surface area contributed by atoms with Gasteiger partial charge in [-0.05, 0) is 0 Å². The minimum Gasteiger partial charge on any atom is -1.00 e. The van der Waals surface area contributed by atoms with E-state index in [-0.39, 0.29) is 52.7 Å². The second-order valence-electron chi connectivity index (χ2n) is 0. The van der Waals surface area contributed by atoms with Gasteiger partial charge in [-0.3, -0.25) is 4.70 Å². The van der Waals surface area contributed by atoms with Gasteiger partial charge in [-0.1, -0.05) is 0 Å². The third-order valence-corrected chi connectivity index (χ3v) is 0. The molecule has 0 bridgehead atoms. The normalized spacial score (nSPS) is 0. The van der Waals surface area contributed by atoms with Gasteiger partial charge in [0.2, 0.25) is 0 Å². The molecule has 0 radical (unpaired) electrons. The van der Waals surface area contributed by atoms with Crippen LogP contribution in [-0.4, -0.2) is 0 Å². The van der Waals surface area contributed by atoms with E-state index in [1.165, 1.54) is 0 Å². The Kier molecular flexibility index (Phi) is 25900. The summed E-state index contributed by atoms with van der Waals surface area (Å²) in [5.41, 5.74) is 0. The Bertz CT molecular complexity index is 3.90. The summed E-state index contributed by atoms with van der Waals surface area (Å²) in [6.45, 7) is 0. The van der Waals surface area contributed by atoms with Crippen LogP contribution in [0.3, 0.4) is 0 Å². The van der Waals surface area contributed by atoms with E-state index < -0.39 is 0 Å². The van der Waals surface area contributed by atoms with Crippen molar-refractivity contribution in [1.82, 2.24) is 0 Å². The van der Waals surface area contributed by atoms with Crippen LogP contribution in [0.1, 0.15) is 0 Å². The predicted octanol–water partition coefficient (Wildman–Crippen LogP) is -11.8. The summed E-state index contributed by atoms with van der Waals surface area (Å²) in [7, 11) is 0. The van der Waals surface area contributed by atoms with E-state index >= 15 is 0 Å². The molecule has 6 heavy (non-hydrogen) atoms. The van der Waals surface area contributed by atoms with Crippen LogP contribution >= 0.6 is 0 Å². The van der Waals surface area contributed by atoms with Crippen molar-refractivity contribution in [1.29, 1.82) is 0 Å². The van der Waals surface area contributed by atoms with Crippen molar-refractivity contribution >= 4 is 0 Å². The molecule has 0 aliphatic carbocycles. The van der Waals surface area contributed by atoms with Gasteiger partial charge in [0.25, 0.3) is 0 Å². The number of hydrogen-bond acceptors (Lipinski definition) is 0. The molecule has 0 aliphatic heterocycles. The third-order valence-electron chi connectivity index (χ3n) is 0. The molecule has 0 heterocycles. The van der Waals surface area contributed by atoms with Crippen molar-refractivity contribution in [3.8, 4) is 0 Å². The Balaban J connectivity index is 0. The van der Waals surface area contributed by atoms with E-state index in [1.54, 1.807) is 0 Å². The van der Waals surface area contributed by atoms with Gasteiger partial charge in [0.05, 0.1) is 0 Å². The average molecular weight is 340 g/mol. The first-order chi connectivity index (χ1) is 0. The predicted molar refractivity (Wildman–Crippen MR) is 2.50 cm³/mol. The van der Waals surface area contributed by atoms with E-state index in [0.717, 1.165) is 0 Å². The molecule has 46 valence electrons. The number of halogens is 5. The van der Waals surface area contributed by atoms with Gasteiger partial charge >= 0.3 is 0 Å².